The van der Waals surface area contributed by atoms with Crippen molar-refractivity contribution in [2.24, 2.45) is 17.1 Å². The van der Waals surface area contributed by atoms with E-state index in [9.17, 15) is 0 Å². The van der Waals surface area contributed by atoms with Crippen LogP contribution in [-0.2, 0) is 12.8 Å². The standard InChI is InChI=1S/C13H24N2S/c1-10(2)7-11-9-16-12(15-11)8-13(3,4)5-6-14/h9-10H,5-8,14H2,1-4H3. The fourth-order valence-electron chi connectivity index (χ4n) is 1.83. The fourth-order valence-corrected chi connectivity index (χ4v) is 2.90. The van der Waals surface area contributed by atoms with Gasteiger partial charge in [-0.3, -0.25) is 0 Å². The average molecular weight is 240 g/mol. The minimum Gasteiger partial charge on any atom is -0.330 e. The lowest BCUT2D eigenvalue weighted by Crippen LogP contribution is -2.19. The highest BCUT2D eigenvalue weighted by Crippen LogP contribution is 2.27. The van der Waals surface area contributed by atoms with Gasteiger partial charge in [0.1, 0.15) is 0 Å². The van der Waals surface area contributed by atoms with Gasteiger partial charge in [-0.1, -0.05) is 27.7 Å². The third kappa shape index (κ3) is 4.62. The Bertz CT molecular complexity index is 315. The van der Waals surface area contributed by atoms with Crippen LogP contribution in [0.3, 0.4) is 0 Å². The van der Waals surface area contributed by atoms with E-state index in [0.29, 0.717) is 5.92 Å². The molecule has 0 atom stereocenters. The van der Waals surface area contributed by atoms with Crippen LogP contribution >= 0.6 is 11.3 Å². The zero-order valence-electron chi connectivity index (χ0n) is 10.9. The van der Waals surface area contributed by atoms with Crippen molar-refractivity contribution in [3.8, 4) is 0 Å². The van der Waals surface area contributed by atoms with Crippen molar-refractivity contribution in [3.05, 3.63) is 16.1 Å². The van der Waals surface area contributed by atoms with Crippen LogP contribution in [0.25, 0.3) is 0 Å². The maximum Gasteiger partial charge on any atom is 0.0933 e. The van der Waals surface area contributed by atoms with Crippen molar-refractivity contribution in [3.63, 3.8) is 0 Å². The van der Waals surface area contributed by atoms with Crippen LogP contribution in [0.15, 0.2) is 5.38 Å². The molecule has 0 aliphatic rings. The molecule has 1 heterocycles. The Hall–Kier alpha value is -0.410. The molecule has 0 radical (unpaired) electrons. The van der Waals surface area contributed by atoms with Crippen molar-refractivity contribution in [1.82, 2.24) is 4.98 Å². The van der Waals surface area contributed by atoms with E-state index in [1.54, 1.807) is 11.3 Å². The summed E-state index contributed by atoms with van der Waals surface area (Å²) in [5.74, 6) is 0.687. The first-order valence-electron chi connectivity index (χ1n) is 6.06. The van der Waals surface area contributed by atoms with Crippen LogP contribution in [0.1, 0.15) is 44.8 Å². The summed E-state index contributed by atoms with van der Waals surface area (Å²) in [6.45, 7) is 9.76. The van der Waals surface area contributed by atoms with E-state index in [4.69, 9.17) is 10.7 Å². The quantitative estimate of drug-likeness (QED) is 0.829. The van der Waals surface area contributed by atoms with Gasteiger partial charge in [-0.2, -0.15) is 0 Å². The Labute approximate surface area is 103 Å². The first kappa shape index (κ1) is 13.7. The summed E-state index contributed by atoms with van der Waals surface area (Å²) in [5.41, 5.74) is 7.15. The number of hydrogen-bond acceptors (Lipinski definition) is 3. The lowest BCUT2D eigenvalue weighted by molar-refractivity contribution is 0.338. The number of nitrogens with two attached hydrogens (primary N) is 1. The second-order valence-electron chi connectivity index (χ2n) is 5.71. The normalized spacial score (nSPS) is 12.4. The molecule has 16 heavy (non-hydrogen) atoms. The molecule has 0 bridgehead atoms. The molecule has 1 rings (SSSR count). The summed E-state index contributed by atoms with van der Waals surface area (Å²) in [7, 11) is 0. The maximum atomic E-state index is 5.62. The minimum absolute atomic E-state index is 0.279. The van der Waals surface area contributed by atoms with E-state index in [0.717, 1.165) is 25.8 Å². The molecule has 0 saturated carbocycles. The van der Waals surface area contributed by atoms with E-state index in [1.807, 2.05) is 0 Å². The predicted octanol–water partition coefficient (Wildman–Crippen LogP) is 3.26. The number of hydrogen-bond donors (Lipinski definition) is 1. The van der Waals surface area contributed by atoms with Gasteiger partial charge in [-0.25, -0.2) is 4.98 Å². The van der Waals surface area contributed by atoms with Gasteiger partial charge in [0.2, 0.25) is 0 Å². The molecule has 1 aromatic heterocycles. The topological polar surface area (TPSA) is 38.9 Å². The van der Waals surface area contributed by atoms with E-state index < -0.39 is 0 Å². The van der Waals surface area contributed by atoms with Gasteiger partial charge in [-0.15, -0.1) is 11.3 Å². The van der Waals surface area contributed by atoms with Gasteiger partial charge >= 0.3 is 0 Å². The molecule has 2 nitrogen and oxygen atoms in total. The summed E-state index contributed by atoms with van der Waals surface area (Å²) >= 11 is 1.79. The Kier molecular flexibility index (Phi) is 4.93. The van der Waals surface area contributed by atoms with E-state index in [-0.39, 0.29) is 5.41 Å². The molecular formula is C13H24N2S. The summed E-state index contributed by atoms with van der Waals surface area (Å²) in [6.07, 6.45) is 3.20. The zero-order valence-corrected chi connectivity index (χ0v) is 11.7. The van der Waals surface area contributed by atoms with Gasteiger partial charge in [0.05, 0.1) is 10.7 Å². The van der Waals surface area contributed by atoms with Crippen molar-refractivity contribution in [2.45, 2.75) is 47.0 Å². The van der Waals surface area contributed by atoms with Crippen LogP contribution in [0.2, 0.25) is 0 Å². The highest BCUT2D eigenvalue weighted by molar-refractivity contribution is 7.09. The van der Waals surface area contributed by atoms with Crippen LogP contribution < -0.4 is 5.73 Å². The lowest BCUT2D eigenvalue weighted by Gasteiger charge is -2.22. The van der Waals surface area contributed by atoms with Crippen molar-refractivity contribution < 1.29 is 0 Å². The van der Waals surface area contributed by atoms with Gasteiger partial charge in [-0.05, 0) is 30.7 Å². The highest BCUT2D eigenvalue weighted by atomic mass is 32.1. The maximum absolute atomic E-state index is 5.62. The Morgan fingerprint density at radius 2 is 2.12 bits per heavy atom. The monoisotopic (exact) mass is 240 g/mol. The number of thiazole rings is 1. The molecule has 92 valence electrons. The Morgan fingerprint density at radius 1 is 1.44 bits per heavy atom. The largest absolute Gasteiger partial charge is 0.330 e. The average Bonchev–Trinajstić information content (AvgIpc) is 2.49. The summed E-state index contributed by atoms with van der Waals surface area (Å²) in [4.78, 5) is 4.70. The molecule has 0 aromatic carbocycles. The molecular weight excluding hydrogens is 216 g/mol. The Balaban J connectivity index is 2.57. The Morgan fingerprint density at radius 3 is 2.69 bits per heavy atom. The SMILES string of the molecule is CC(C)Cc1csc(CC(C)(C)CCN)n1. The number of nitrogens with zero attached hydrogens (tertiary/aromatic N) is 1. The second kappa shape index (κ2) is 5.78. The molecule has 2 N–H and O–H groups in total. The van der Waals surface area contributed by atoms with Gasteiger partial charge in [0, 0.05) is 11.8 Å². The number of aromatic nitrogens is 1. The van der Waals surface area contributed by atoms with Crippen molar-refractivity contribution in [2.75, 3.05) is 6.54 Å². The molecule has 0 unspecified atom stereocenters. The smallest absolute Gasteiger partial charge is 0.0933 e. The molecule has 0 fully saturated rings. The second-order valence-corrected chi connectivity index (χ2v) is 6.65. The first-order valence-corrected chi connectivity index (χ1v) is 6.94. The third-order valence-electron chi connectivity index (χ3n) is 2.67. The molecule has 0 amide bonds. The van der Waals surface area contributed by atoms with E-state index in [1.165, 1.54) is 10.7 Å². The molecule has 0 aliphatic heterocycles. The lowest BCUT2D eigenvalue weighted by atomic mass is 9.86. The summed E-state index contributed by atoms with van der Waals surface area (Å²) in [5, 5.41) is 3.46. The van der Waals surface area contributed by atoms with Crippen LogP contribution in [-0.4, -0.2) is 11.5 Å². The van der Waals surface area contributed by atoms with Gasteiger partial charge in [0.15, 0.2) is 0 Å². The van der Waals surface area contributed by atoms with Crippen molar-refractivity contribution >= 4 is 11.3 Å². The van der Waals surface area contributed by atoms with Crippen LogP contribution in [0.4, 0.5) is 0 Å². The number of rotatable bonds is 6. The molecule has 0 spiro atoms. The molecule has 0 saturated heterocycles. The van der Waals surface area contributed by atoms with E-state index >= 15 is 0 Å². The first-order chi connectivity index (χ1) is 7.43. The van der Waals surface area contributed by atoms with Crippen molar-refractivity contribution in [1.29, 1.82) is 0 Å². The highest BCUT2D eigenvalue weighted by Gasteiger charge is 2.19. The van der Waals surface area contributed by atoms with Gasteiger partial charge < -0.3 is 5.73 Å². The molecule has 0 aliphatic carbocycles. The minimum atomic E-state index is 0.279. The third-order valence-corrected chi connectivity index (χ3v) is 3.57. The summed E-state index contributed by atoms with van der Waals surface area (Å²) < 4.78 is 0. The van der Waals surface area contributed by atoms with Crippen LogP contribution in [0, 0.1) is 11.3 Å². The molecule has 3 heteroatoms. The van der Waals surface area contributed by atoms with Crippen LogP contribution in [0.5, 0.6) is 0 Å². The fraction of sp³-hybridized carbons (Fsp3) is 0.769. The van der Waals surface area contributed by atoms with E-state index in [2.05, 4.69) is 33.1 Å². The zero-order chi connectivity index (χ0) is 12.2. The van der Waals surface area contributed by atoms with Gasteiger partial charge in [0.25, 0.3) is 0 Å². The summed E-state index contributed by atoms with van der Waals surface area (Å²) in [6, 6.07) is 0. The predicted molar refractivity (Wildman–Crippen MR) is 71.8 cm³/mol. The molecule has 1 aromatic rings.